The molecule has 0 saturated carbocycles. The third kappa shape index (κ3) is 2.59. The molecule has 3 heterocycles. The molecule has 0 bridgehead atoms. The summed E-state index contributed by atoms with van der Waals surface area (Å²) in [5, 5.41) is 9.44. The molecule has 3 saturated heterocycles. The maximum atomic E-state index is 9.44. The number of ether oxygens (including phenoxy) is 5. The molecule has 1 aromatic carbocycles. The molecule has 0 radical (unpaired) electrons. The van der Waals surface area contributed by atoms with Crippen LogP contribution in [0.15, 0.2) is 30.3 Å². The van der Waals surface area contributed by atoms with E-state index in [1.165, 1.54) is 0 Å². The van der Waals surface area contributed by atoms with Crippen molar-refractivity contribution in [2.75, 3.05) is 13.2 Å². The number of hydrogen-bond donors (Lipinski definition) is 1. The highest BCUT2D eigenvalue weighted by Crippen LogP contribution is 2.49. The van der Waals surface area contributed by atoms with Gasteiger partial charge < -0.3 is 28.8 Å². The molecule has 23 heavy (non-hydrogen) atoms. The van der Waals surface area contributed by atoms with Gasteiger partial charge in [-0.05, 0) is 13.8 Å². The molecule has 1 unspecified atom stereocenters. The fourth-order valence-corrected chi connectivity index (χ4v) is 3.61. The Kier molecular flexibility index (Phi) is 3.72. The fourth-order valence-electron chi connectivity index (χ4n) is 3.61. The van der Waals surface area contributed by atoms with Gasteiger partial charge in [0, 0.05) is 18.6 Å². The van der Waals surface area contributed by atoms with E-state index < -0.39 is 24.0 Å². The number of rotatable bonds is 3. The summed E-state index contributed by atoms with van der Waals surface area (Å²) in [5.74, 6) is -0.704. The van der Waals surface area contributed by atoms with Gasteiger partial charge in [0.2, 0.25) is 0 Å². The molecule has 6 heteroatoms. The largest absolute Gasteiger partial charge is 0.396 e. The number of benzene rings is 1. The number of aliphatic hydroxyl groups excluding tert-OH is 1. The second kappa shape index (κ2) is 5.51. The van der Waals surface area contributed by atoms with Gasteiger partial charge in [-0.15, -0.1) is 0 Å². The first-order valence-electron chi connectivity index (χ1n) is 7.99. The van der Waals surface area contributed by atoms with Crippen molar-refractivity contribution in [3.8, 4) is 0 Å². The van der Waals surface area contributed by atoms with Gasteiger partial charge in [-0.3, -0.25) is 0 Å². The van der Waals surface area contributed by atoms with Crippen molar-refractivity contribution in [1.29, 1.82) is 0 Å². The van der Waals surface area contributed by atoms with Crippen LogP contribution in [0.4, 0.5) is 0 Å². The van der Waals surface area contributed by atoms with Crippen molar-refractivity contribution in [3.63, 3.8) is 0 Å². The minimum Gasteiger partial charge on any atom is -0.396 e. The van der Waals surface area contributed by atoms with Crippen molar-refractivity contribution in [3.05, 3.63) is 35.9 Å². The topological polar surface area (TPSA) is 66.4 Å². The van der Waals surface area contributed by atoms with Gasteiger partial charge in [0.15, 0.2) is 18.4 Å². The molecule has 3 fully saturated rings. The molecule has 1 aromatic rings. The van der Waals surface area contributed by atoms with Gasteiger partial charge in [0.05, 0.1) is 6.61 Å². The lowest BCUT2D eigenvalue weighted by Gasteiger charge is -2.42. The van der Waals surface area contributed by atoms with Gasteiger partial charge in [-0.2, -0.15) is 0 Å². The van der Waals surface area contributed by atoms with E-state index in [9.17, 15) is 5.11 Å². The van der Waals surface area contributed by atoms with E-state index in [0.717, 1.165) is 5.56 Å². The van der Waals surface area contributed by atoms with E-state index >= 15 is 0 Å². The molecule has 126 valence electrons. The molecular weight excluding hydrogens is 300 g/mol. The average Bonchev–Trinajstić information content (AvgIpc) is 2.97. The zero-order chi connectivity index (χ0) is 16.1. The maximum absolute atomic E-state index is 9.44. The van der Waals surface area contributed by atoms with Crippen LogP contribution in [0, 0.1) is 0 Å². The highest BCUT2D eigenvalue weighted by Gasteiger charge is 2.64. The molecule has 0 aliphatic carbocycles. The van der Waals surface area contributed by atoms with Crippen molar-refractivity contribution < 1.29 is 28.8 Å². The summed E-state index contributed by atoms with van der Waals surface area (Å²) in [4.78, 5) is 0. The molecular formula is C17H22O6. The first kappa shape index (κ1) is 15.5. The highest BCUT2D eigenvalue weighted by molar-refractivity contribution is 5.17. The van der Waals surface area contributed by atoms with Crippen LogP contribution in [0.3, 0.4) is 0 Å². The van der Waals surface area contributed by atoms with Crippen LogP contribution in [-0.2, 0) is 23.7 Å². The quantitative estimate of drug-likeness (QED) is 0.914. The summed E-state index contributed by atoms with van der Waals surface area (Å²) in [6.07, 6.45) is -1.23. The Morgan fingerprint density at radius 1 is 1.13 bits per heavy atom. The lowest BCUT2D eigenvalue weighted by molar-refractivity contribution is -0.321. The second-order valence-electron chi connectivity index (χ2n) is 6.74. The molecule has 3 aliphatic heterocycles. The predicted octanol–water partition coefficient (Wildman–Crippen LogP) is 1.73. The highest BCUT2D eigenvalue weighted by atomic mass is 16.9. The molecule has 0 aromatic heterocycles. The summed E-state index contributed by atoms with van der Waals surface area (Å²) in [7, 11) is 0. The Bertz CT molecular complexity index is 561. The van der Waals surface area contributed by atoms with Crippen molar-refractivity contribution in [1.82, 2.24) is 0 Å². The fraction of sp³-hybridized carbons (Fsp3) is 0.647. The van der Waals surface area contributed by atoms with Crippen LogP contribution in [0.2, 0.25) is 0 Å². The first-order chi connectivity index (χ1) is 11.0. The van der Waals surface area contributed by atoms with E-state index in [2.05, 4.69) is 0 Å². The van der Waals surface area contributed by atoms with Gasteiger partial charge in [0.1, 0.15) is 17.8 Å². The number of fused-ring (bicyclic) bond motifs is 3. The van der Waals surface area contributed by atoms with E-state index in [1.54, 1.807) is 0 Å². The second-order valence-corrected chi connectivity index (χ2v) is 6.74. The van der Waals surface area contributed by atoms with Crippen molar-refractivity contribution in [2.45, 2.75) is 56.4 Å². The van der Waals surface area contributed by atoms with Gasteiger partial charge in [-0.1, -0.05) is 30.3 Å². The molecule has 5 atom stereocenters. The number of hydrogen-bond acceptors (Lipinski definition) is 6. The summed E-state index contributed by atoms with van der Waals surface area (Å²) in [6.45, 7) is 4.03. The lowest BCUT2D eigenvalue weighted by atomic mass is 9.91. The Morgan fingerprint density at radius 2 is 1.91 bits per heavy atom. The Morgan fingerprint density at radius 3 is 2.65 bits per heavy atom. The zero-order valence-electron chi connectivity index (χ0n) is 13.3. The smallest absolute Gasteiger partial charge is 0.190 e. The van der Waals surface area contributed by atoms with Crippen LogP contribution in [0.25, 0.3) is 0 Å². The minimum absolute atomic E-state index is 0.0118. The van der Waals surface area contributed by atoms with Crippen LogP contribution < -0.4 is 0 Å². The predicted molar refractivity (Wildman–Crippen MR) is 79.4 cm³/mol. The van der Waals surface area contributed by atoms with Crippen molar-refractivity contribution in [2.24, 2.45) is 0 Å². The summed E-state index contributed by atoms with van der Waals surface area (Å²) in [5.41, 5.74) is 0.220. The Hall–Kier alpha value is -1.02. The maximum Gasteiger partial charge on any atom is 0.190 e. The van der Waals surface area contributed by atoms with E-state index in [0.29, 0.717) is 13.0 Å². The SMILES string of the molecule is CC1(C)O[C@H]2O[C@]3(CCO)COC(c4ccccc4)O[C@@H]3[C@H]2O1. The number of aliphatic hydroxyl groups is 1. The average molecular weight is 322 g/mol. The van der Waals surface area contributed by atoms with Crippen LogP contribution >= 0.6 is 0 Å². The molecule has 3 aliphatic rings. The molecule has 1 N–H and O–H groups in total. The molecule has 0 spiro atoms. The summed E-state index contributed by atoms with van der Waals surface area (Å²) >= 11 is 0. The van der Waals surface area contributed by atoms with Crippen molar-refractivity contribution >= 4 is 0 Å². The standard InChI is InChI=1S/C17H22O6/c1-16(2)21-12-13-17(8-9-18,23-15(12)22-16)10-19-14(20-13)11-6-4-3-5-7-11/h3-7,12-15,18H,8-10H2,1-2H3/t12-,13-,14?,15+,17-/m1/s1. The first-order valence-corrected chi connectivity index (χ1v) is 7.99. The van der Waals surface area contributed by atoms with Crippen LogP contribution in [0.5, 0.6) is 0 Å². The van der Waals surface area contributed by atoms with Gasteiger partial charge in [0.25, 0.3) is 0 Å². The molecule has 6 nitrogen and oxygen atoms in total. The summed E-state index contributed by atoms with van der Waals surface area (Å²) < 4.78 is 30.0. The van der Waals surface area contributed by atoms with E-state index in [1.807, 2.05) is 44.2 Å². The lowest BCUT2D eigenvalue weighted by Crippen LogP contribution is -2.54. The third-order valence-electron chi connectivity index (χ3n) is 4.61. The monoisotopic (exact) mass is 322 g/mol. The molecule has 4 rings (SSSR count). The Labute approximate surface area is 135 Å². The third-order valence-corrected chi connectivity index (χ3v) is 4.61. The van der Waals surface area contributed by atoms with Gasteiger partial charge in [-0.25, -0.2) is 0 Å². The Balaban J connectivity index is 1.60. The van der Waals surface area contributed by atoms with E-state index in [4.69, 9.17) is 23.7 Å². The normalized spacial score (nSPS) is 41.5. The molecule has 0 amide bonds. The summed E-state index contributed by atoms with van der Waals surface area (Å²) in [6, 6.07) is 9.78. The minimum atomic E-state index is -0.730. The van der Waals surface area contributed by atoms with E-state index in [-0.39, 0.29) is 18.8 Å². The van der Waals surface area contributed by atoms with Gasteiger partial charge >= 0.3 is 0 Å². The zero-order valence-corrected chi connectivity index (χ0v) is 13.3. The van der Waals surface area contributed by atoms with Crippen LogP contribution in [-0.4, -0.2) is 48.2 Å². The van der Waals surface area contributed by atoms with Crippen LogP contribution in [0.1, 0.15) is 32.1 Å².